The maximum absolute atomic E-state index is 13.4. The van der Waals surface area contributed by atoms with Crippen LogP contribution in [0, 0.1) is 5.82 Å². The highest BCUT2D eigenvalue weighted by molar-refractivity contribution is 9.10. The number of carboxylic acids is 1. The van der Waals surface area contributed by atoms with E-state index in [0.29, 0.717) is 28.8 Å². The molecule has 6 nitrogen and oxygen atoms in total. The second kappa shape index (κ2) is 6.77. The molecule has 1 aromatic heterocycles. The largest absolute Gasteiger partial charge is 0.476 e. The van der Waals surface area contributed by atoms with Gasteiger partial charge in [-0.1, -0.05) is 21.1 Å². The normalized spacial score (nSPS) is 10.8. The van der Waals surface area contributed by atoms with Crippen LogP contribution in [-0.4, -0.2) is 39.8 Å². The van der Waals surface area contributed by atoms with Crippen molar-refractivity contribution in [2.75, 3.05) is 13.7 Å². The first-order valence-corrected chi connectivity index (χ1v) is 6.90. The van der Waals surface area contributed by atoms with Crippen molar-refractivity contribution in [3.63, 3.8) is 0 Å². The Labute approximate surface area is 128 Å². The van der Waals surface area contributed by atoms with Crippen LogP contribution in [0.5, 0.6) is 0 Å². The minimum Gasteiger partial charge on any atom is -0.476 e. The molecule has 112 valence electrons. The first-order chi connectivity index (χ1) is 10.0. The first kappa shape index (κ1) is 15.6. The van der Waals surface area contributed by atoms with Crippen LogP contribution in [0.2, 0.25) is 0 Å². The molecule has 0 amide bonds. The highest BCUT2D eigenvalue weighted by Crippen LogP contribution is 2.17. The number of benzene rings is 1. The van der Waals surface area contributed by atoms with Crippen LogP contribution in [0.1, 0.15) is 21.7 Å². The number of rotatable bonds is 6. The number of hydrogen-bond donors (Lipinski definition) is 1. The fourth-order valence-corrected chi connectivity index (χ4v) is 2.46. The molecule has 2 aromatic rings. The Morgan fingerprint density at radius 1 is 1.48 bits per heavy atom. The van der Waals surface area contributed by atoms with Gasteiger partial charge in [-0.05, 0) is 23.8 Å². The van der Waals surface area contributed by atoms with Crippen molar-refractivity contribution >= 4 is 21.9 Å². The van der Waals surface area contributed by atoms with Crippen molar-refractivity contribution in [1.29, 1.82) is 0 Å². The van der Waals surface area contributed by atoms with Crippen molar-refractivity contribution in [3.8, 4) is 0 Å². The molecular weight excluding hydrogens is 345 g/mol. The molecule has 1 aromatic carbocycles. The summed E-state index contributed by atoms with van der Waals surface area (Å²) in [5.41, 5.74) is 0.995. The molecule has 1 N–H and O–H groups in total. The van der Waals surface area contributed by atoms with Crippen LogP contribution in [0.25, 0.3) is 0 Å². The molecule has 0 radical (unpaired) electrons. The molecule has 0 aliphatic rings. The summed E-state index contributed by atoms with van der Waals surface area (Å²) < 4.78 is 20.4. The molecule has 8 heteroatoms. The molecule has 0 fully saturated rings. The number of aromatic carboxylic acids is 1. The van der Waals surface area contributed by atoms with E-state index in [4.69, 9.17) is 9.84 Å². The van der Waals surface area contributed by atoms with Gasteiger partial charge in [-0.3, -0.25) is 0 Å². The Bertz CT molecular complexity index is 640. The zero-order chi connectivity index (χ0) is 15.4. The summed E-state index contributed by atoms with van der Waals surface area (Å²) in [5, 5.41) is 16.6. The van der Waals surface area contributed by atoms with Crippen LogP contribution in [0.15, 0.2) is 22.7 Å². The molecule has 0 unspecified atom stereocenters. The van der Waals surface area contributed by atoms with E-state index in [1.54, 1.807) is 6.07 Å². The number of aromatic nitrogens is 3. The molecule has 21 heavy (non-hydrogen) atoms. The molecule has 0 saturated carbocycles. The summed E-state index contributed by atoms with van der Waals surface area (Å²) >= 11 is 3.22. The Morgan fingerprint density at radius 2 is 2.24 bits per heavy atom. The quantitative estimate of drug-likeness (QED) is 0.856. The van der Waals surface area contributed by atoms with Gasteiger partial charge in [-0.25, -0.2) is 13.9 Å². The smallest absolute Gasteiger partial charge is 0.358 e. The fourth-order valence-electron chi connectivity index (χ4n) is 1.95. The number of methoxy groups -OCH3 is 1. The lowest BCUT2D eigenvalue weighted by atomic mass is 10.2. The number of ether oxygens (including phenoxy) is 1. The van der Waals surface area contributed by atoms with E-state index in [0.717, 1.165) is 0 Å². The third-order valence-corrected chi connectivity index (χ3v) is 3.30. The van der Waals surface area contributed by atoms with E-state index in [9.17, 15) is 9.18 Å². The van der Waals surface area contributed by atoms with Gasteiger partial charge >= 0.3 is 5.97 Å². The number of carboxylic acid groups (broad SMARTS) is 1. The molecule has 0 aliphatic heterocycles. The van der Waals surface area contributed by atoms with E-state index in [1.165, 1.54) is 23.9 Å². The maximum Gasteiger partial charge on any atom is 0.358 e. The lowest BCUT2D eigenvalue weighted by molar-refractivity contribution is 0.0688. The van der Waals surface area contributed by atoms with Crippen LogP contribution >= 0.6 is 15.9 Å². The zero-order valence-corrected chi connectivity index (χ0v) is 12.8. The van der Waals surface area contributed by atoms with Gasteiger partial charge in [0.1, 0.15) is 5.82 Å². The van der Waals surface area contributed by atoms with E-state index in [2.05, 4.69) is 26.2 Å². The summed E-state index contributed by atoms with van der Waals surface area (Å²) in [5.74, 6) is -1.52. The number of hydrogen-bond acceptors (Lipinski definition) is 4. The molecule has 0 spiro atoms. The molecular formula is C13H13BrFN3O3. The van der Waals surface area contributed by atoms with Gasteiger partial charge in [0, 0.05) is 18.0 Å². The fraction of sp³-hybridized carbons (Fsp3) is 0.308. The van der Waals surface area contributed by atoms with Gasteiger partial charge < -0.3 is 9.84 Å². The van der Waals surface area contributed by atoms with Crippen LogP contribution in [0.4, 0.5) is 4.39 Å². The predicted octanol–water partition coefficient (Wildman–Crippen LogP) is 2.12. The third-order valence-electron chi connectivity index (χ3n) is 2.84. The number of halogens is 2. The van der Waals surface area contributed by atoms with Crippen molar-refractivity contribution in [2.45, 2.75) is 13.0 Å². The second-order valence-corrected chi connectivity index (χ2v) is 5.28. The molecule has 0 bridgehead atoms. The summed E-state index contributed by atoms with van der Waals surface area (Å²) in [6.07, 6.45) is 0.363. The number of carbonyl (C=O) groups is 1. The molecule has 0 saturated heterocycles. The second-order valence-electron chi connectivity index (χ2n) is 4.37. The average molecular weight is 358 g/mol. The van der Waals surface area contributed by atoms with Gasteiger partial charge in [0.2, 0.25) is 0 Å². The highest BCUT2D eigenvalue weighted by atomic mass is 79.9. The minimum absolute atomic E-state index is 0.109. The lowest BCUT2D eigenvalue weighted by Gasteiger charge is -2.07. The van der Waals surface area contributed by atoms with Gasteiger partial charge in [0.25, 0.3) is 0 Å². The standard InChI is InChI=1S/C13H13BrFN3O3/c1-21-3-2-11-12(13(19)20)16-17-18(11)7-8-4-9(14)6-10(15)5-8/h4-6H,2-3,7H2,1H3,(H,19,20). The Kier molecular flexibility index (Phi) is 5.03. The zero-order valence-electron chi connectivity index (χ0n) is 11.2. The van der Waals surface area contributed by atoms with Gasteiger partial charge in [0.05, 0.1) is 18.8 Å². The molecule has 1 heterocycles. The van der Waals surface area contributed by atoms with Crippen molar-refractivity contribution in [1.82, 2.24) is 15.0 Å². The van der Waals surface area contributed by atoms with Crippen molar-refractivity contribution in [3.05, 3.63) is 45.4 Å². The molecule has 0 aliphatic carbocycles. The van der Waals surface area contributed by atoms with Crippen molar-refractivity contribution in [2.24, 2.45) is 0 Å². The van der Waals surface area contributed by atoms with Gasteiger partial charge in [-0.15, -0.1) is 5.10 Å². The van der Waals surface area contributed by atoms with Gasteiger partial charge in [-0.2, -0.15) is 0 Å². The van der Waals surface area contributed by atoms with E-state index in [-0.39, 0.29) is 18.1 Å². The topological polar surface area (TPSA) is 77.2 Å². The van der Waals surface area contributed by atoms with E-state index in [1.807, 2.05) is 0 Å². The monoisotopic (exact) mass is 357 g/mol. The molecule has 2 rings (SSSR count). The van der Waals surface area contributed by atoms with Crippen LogP contribution in [0.3, 0.4) is 0 Å². The first-order valence-electron chi connectivity index (χ1n) is 6.11. The molecule has 0 atom stereocenters. The SMILES string of the molecule is COCCc1c(C(=O)O)nnn1Cc1cc(F)cc(Br)c1. The van der Waals surface area contributed by atoms with Gasteiger partial charge in [0.15, 0.2) is 5.69 Å². The van der Waals surface area contributed by atoms with Crippen molar-refractivity contribution < 1.29 is 19.0 Å². The Balaban J connectivity index is 2.32. The van der Waals surface area contributed by atoms with E-state index >= 15 is 0 Å². The summed E-state index contributed by atoms with van der Waals surface area (Å²) in [6, 6.07) is 4.46. The summed E-state index contributed by atoms with van der Waals surface area (Å²) in [7, 11) is 1.53. The Morgan fingerprint density at radius 3 is 2.86 bits per heavy atom. The highest BCUT2D eigenvalue weighted by Gasteiger charge is 2.19. The van der Waals surface area contributed by atoms with Crippen LogP contribution in [-0.2, 0) is 17.7 Å². The maximum atomic E-state index is 13.4. The van der Waals surface area contributed by atoms with E-state index < -0.39 is 5.97 Å². The lowest BCUT2D eigenvalue weighted by Crippen LogP contribution is -2.12. The summed E-state index contributed by atoms with van der Waals surface area (Å²) in [6.45, 7) is 0.580. The van der Waals surface area contributed by atoms with Crippen LogP contribution < -0.4 is 0 Å². The number of nitrogens with zero attached hydrogens (tertiary/aromatic N) is 3. The Hall–Kier alpha value is -1.80. The third kappa shape index (κ3) is 3.85. The summed E-state index contributed by atoms with van der Waals surface area (Å²) in [4.78, 5) is 11.1. The minimum atomic E-state index is -1.15. The predicted molar refractivity (Wildman–Crippen MR) is 75.8 cm³/mol. The average Bonchev–Trinajstić information content (AvgIpc) is 2.78.